The second-order valence-electron chi connectivity index (χ2n) is 6.19. The number of para-hydroxylation sites is 1. The number of hydrogen-bond acceptors (Lipinski definition) is 6. The van der Waals surface area contributed by atoms with E-state index in [2.05, 4.69) is 9.89 Å². The quantitative estimate of drug-likeness (QED) is 0.744. The number of thioether (sulfide) groups is 1. The van der Waals surface area contributed by atoms with Crippen LogP contribution in [0.3, 0.4) is 0 Å². The highest BCUT2D eigenvalue weighted by molar-refractivity contribution is 8.18. The van der Waals surface area contributed by atoms with Gasteiger partial charge in [-0.1, -0.05) is 12.1 Å². The van der Waals surface area contributed by atoms with Gasteiger partial charge in [-0.25, -0.2) is 0 Å². The summed E-state index contributed by atoms with van der Waals surface area (Å²) in [6.07, 6.45) is 3.75. The van der Waals surface area contributed by atoms with Crippen molar-refractivity contribution in [3.63, 3.8) is 0 Å². The molecule has 1 fully saturated rings. The van der Waals surface area contributed by atoms with Gasteiger partial charge in [-0.15, -0.1) is 0 Å². The number of amidine groups is 1. The Morgan fingerprint density at radius 3 is 2.92 bits per heavy atom. The summed E-state index contributed by atoms with van der Waals surface area (Å²) in [6, 6.07) is 5.77. The predicted octanol–water partition coefficient (Wildman–Crippen LogP) is 2.71. The number of hydrogen-bond donors (Lipinski definition) is 0. The first-order valence-electron chi connectivity index (χ1n) is 8.56. The van der Waals surface area contributed by atoms with Crippen molar-refractivity contribution in [3.8, 4) is 11.5 Å². The van der Waals surface area contributed by atoms with Crippen LogP contribution in [0.25, 0.3) is 6.08 Å². The summed E-state index contributed by atoms with van der Waals surface area (Å²) in [6.45, 7) is 4.83. The van der Waals surface area contributed by atoms with Crippen molar-refractivity contribution in [3.05, 3.63) is 40.3 Å². The summed E-state index contributed by atoms with van der Waals surface area (Å²) in [5.74, 6) is 1.25. The zero-order valence-corrected chi connectivity index (χ0v) is 15.5. The van der Waals surface area contributed by atoms with Gasteiger partial charge in [0.1, 0.15) is 6.10 Å². The molecule has 0 aromatic heterocycles. The largest absolute Gasteiger partial charge is 0.493 e. The van der Waals surface area contributed by atoms with Crippen molar-refractivity contribution >= 4 is 28.9 Å². The van der Waals surface area contributed by atoms with Crippen molar-refractivity contribution in [2.75, 3.05) is 33.4 Å². The molecular weight excluding hydrogens is 352 g/mol. The molecule has 0 N–H and O–H groups in total. The first-order chi connectivity index (χ1) is 12.7. The van der Waals surface area contributed by atoms with E-state index in [1.54, 1.807) is 7.11 Å². The molecule has 0 saturated carbocycles. The molecule has 26 heavy (non-hydrogen) atoms. The third kappa shape index (κ3) is 3.24. The summed E-state index contributed by atoms with van der Waals surface area (Å²) in [5.41, 5.74) is 1.89. The summed E-state index contributed by atoms with van der Waals surface area (Å²) < 4.78 is 16.8. The molecule has 0 radical (unpaired) electrons. The third-order valence-corrected chi connectivity index (χ3v) is 5.55. The van der Waals surface area contributed by atoms with Gasteiger partial charge in [0.15, 0.2) is 16.7 Å². The number of benzene rings is 1. The van der Waals surface area contributed by atoms with E-state index in [0.717, 1.165) is 35.1 Å². The molecule has 1 aromatic rings. The maximum absolute atomic E-state index is 12.3. The monoisotopic (exact) mass is 372 g/mol. The van der Waals surface area contributed by atoms with Crippen LogP contribution >= 0.6 is 11.8 Å². The number of rotatable bonds is 2. The van der Waals surface area contributed by atoms with Crippen LogP contribution < -0.4 is 9.47 Å². The van der Waals surface area contributed by atoms with Crippen LogP contribution in [0.1, 0.15) is 12.5 Å². The van der Waals surface area contributed by atoms with Crippen LogP contribution in [0, 0.1) is 0 Å². The van der Waals surface area contributed by atoms with E-state index in [4.69, 9.17) is 14.2 Å². The number of carbonyl (C=O) groups excluding carboxylic acids is 1. The smallest absolute Gasteiger partial charge is 0.286 e. The van der Waals surface area contributed by atoms with Crippen molar-refractivity contribution in [1.29, 1.82) is 0 Å². The summed E-state index contributed by atoms with van der Waals surface area (Å²) in [4.78, 5) is 19.3. The van der Waals surface area contributed by atoms with Crippen LogP contribution in [0.5, 0.6) is 11.5 Å². The van der Waals surface area contributed by atoms with Gasteiger partial charge in [0.2, 0.25) is 0 Å². The lowest BCUT2D eigenvalue weighted by Crippen LogP contribution is -2.38. The van der Waals surface area contributed by atoms with Gasteiger partial charge in [0.05, 0.1) is 25.2 Å². The van der Waals surface area contributed by atoms with Crippen LogP contribution in [0.15, 0.2) is 39.7 Å². The van der Waals surface area contributed by atoms with Gasteiger partial charge < -0.3 is 19.1 Å². The Morgan fingerprint density at radius 2 is 2.15 bits per heavy atom. The van der Waals surface area contributed by atoms with Crippen LogP contribution in [-0.4, -0.2) is 55.5 Å². The fraction of sp³-hybridized carbons (Fsp3) is 0.368. The fourth-order valence-electron chi connectivity index (χ4n) is 3.07. The molecule has 1 saturated heterocycles. The maximum atomic E-state index is 12.3. The molecule has 1 unspecified atom stereocenters. The number of nitrogens with zero attached hydrogens (tertiary/aromatic N) is 2. The Labute approximate surface area is 156 Å². The summed E-state index contributed by atoms with van der Waals surface area (Å²) >= 11 is 1.42. The van der Waals surface area contributed by atoms with Crippen molar-refractivity contribution in [1.82, 2.24) is 4.90 Å². The number of fused-ring (bicyclic) bond motifs is 1. The minimum Gasteiger partial charge on any atom is -0.493 e. The van der Waals surface area contributed by atoms with Gasteiger partial charge in [0, 0.05) is 18.7 Å². The van der Waals surface area contributed by atoms with E-state index in [1.807, 2.05) is 37.3 Å². The number of aliphatic imine (C=N–C) groups is 1. The van der Waals surface area contributed by atoms with Crippen molar-refractivity contribution in [2.45, 2.75) is 13.0 Å². The van der Waals surface area contributed by atoms with Crippen LogP contribution in [-0.2, 0) is 9.53 Å². The fourth-order valence-corrected chi connectivity index (χ4v) is 4.04. The highest BCUT2D eigenvalue weighted by Crippen LogP contribution is 2.39. The van der Waals surface area contributed by atoms with Gasteiger partial charge in [-0.3, -0.25) is 4.79 Å². The molecule has 1 amide bonds. The summed E-state index contributed by atoms with van der Waals surface area (Å²) in [5, 5.41) is 0.761. The van der Waals surface area contributed by atoms with E-state index in [9.17, 15) is 4.79 Å². The van der Waals surface area contributed by atoms with E-state index in [1.165, 1.54) is 11.8 Å². The molecule has 0 spiro atoms. The van der Waals surface area contributed by atoms with E-state index >= 15 is 0 Å². The molecular formula is C19H20N2O4S. The normalized spacial score (nSPS) is 24.1. The molecule has 7 heteroatoms. The molecule has 0 aliphatic carbocycles. The molecule has 3 aliphatic rings. The highest BCUT2D eigenvalue weighted by atomic mass is 32.2. The molecule has 0 bridgehead atoms. The molecule has 3 heterocycles. The van der Waals surface area contributed by atoms with E-state index < -0.39 is 0 Å². The molecule has 1 atom stereocenters. The zero-order chi connectivity index (χ0) is 18.1. The second kappa shape index (κ2) is 7.17. The topological polar surface area (TPSA) is 60.4 Å². The Bertz CT molecular complexity index is 825. The van der Waals surface area contributed by atoms with Gasteiger partial charge in [-0.2, -0.15) is 4.99 Å². The number of ether oxygens (including phenoxy) is 3. The minimum absolute atomic E-state index is 0.174. The predicted molar refractivity (Wildman–Crippen MR) is 102 cm³/mol. The lowest BCUT2D eigenvalue weighted by molar-refractivity contribution is -0.113. The Morgan fingerprint density at radius 1 is 1.35 bits per heavy atom. The molecule has 3 aliphatic heterocycles. The Kier molecular flexibility index (Phi) is 4.74. The lowest BCUT2D eigenvalue weighted by Gasteiger charge is -2.27. The number of carbonyl (C=O) groups is 1. The van der Waals surface area contributed by atoms with Gasteiger partial charge >= 0.3 is 0 Å². The van der Waals surface area contributed by atoms with Crippen molar-refractivity contribution < 1.29 is 19.0 Å². The van der Waals surface area contributed by atoms with Crippen LogP contribution in [0.4, 0.5) is 0 Å². The lowest BCUT2D eigenvalue weighted by atomic mass is 10.0. The van der Waals surface area contributed by atoms with Crippen LogP contribution in [0.2, 0.25) is 0 Å². The first-order valence-corrected chi connectivity index (χ1v) is 9.38. The van der Waals surface area contributed by atoms with Gasteiger partial charge in [-0.05, 0) is 42.5 Å². The highest BCUT2D eigenvalue weighted by Gasteiger charge is 2.29. The molecule has 1 aromatic carbocycles. The van der Waals surface area contributed by atoms with Crippen molar-refractivity contribution in [2.24, 2.45) is 4.99 Å². The van der Waals surface area contributed by atoms with E-state index in [-0.39, 0.29) is 12.0 Å². The zero-order valence-electron chi connectivity index (χ0n) is 14.7. The number of amides is 1. The maximum Gasteiger partial charge on any atom is 0.286 e. The minimum atomic E-state index is -0.193. The third-order valence-electron chi connectivity index (χ3n) is 4.50. The summed E-state index contributed by atoms with van der Waals surface area (Å²) in [7, 11) is 1.63. The average molecular weight is 372 g/mol. The molecule has 136 valence electrons. The SMILES string of the molecule is COc1cccc2c1OC(C)C(C=C1SC(N3CCOCC3)=NC1=O)=C2. The molecule has 6 nitrogen and oxygen atoms in total. The Hall–Kier alpha value is -2.25. The Balaban J connectivity index is 1.58. The molecule has 4 rings (SSSR count). The first kappa shape index (κ1) is 17.2. The van der Waals surface area contributed by atoms with E-state index in [0.29, 0.717) is 23.9 Å². The number of methoxy groups -OCH3 is 1. The standard InChI is InChI=1S/C19H20N2O4S/c1-12-14(10-13-4-3-5-15(23-2)17(13)25-12)11-16-18(22)20-19(26-16)21-6-8-24-9-7-21/h3-5,10-12H,6-9H2,1-2H3. The average Bonchev–Trinajstić information content (AvgIpc) is 3.03. The second-order valence-corrected chi connectivity index (χ2v) is 7.20. The van der Waals surface area contributed by atoms with Gasteiger partial charge in [0.25, 0.3) is 5.91 Å². The number of morpholine rings is 1.